The lowest BCUT2D eigenvalue weighted by molar-refractivity contribution is 0.269. The summed E-state index contributed by atoms with van der Waals surface area (Å²) in [6.07, 6.45) is 6.17. The molecule has 0 radical (unpaired) electrons. The van der Waals surface area contributed by atoms with Crippen molar-refractivity contribution in [2.45, 2.75) is 19.3 Å². The summed E-state index contributed by atoms with van der Waals surface area (Å²) in [5.41, 5.74) is 6.66. The van der Waals surface area contributed by atoms with Crippen molar-refractivity contribution in [2.24, 2.45) is 18.7 Å². The van der Waals surface area contributed by atoms with Gasteiger partial charge in [0.2, 0.25) is 0 Å². The first-order chi connectivity index (χ1) is 9.51. The van der Waals surface area contributed by atoms with E-state index in [0.29, 0.717) is 32.6 Å². The molecule has 1 aromatic rings. The molecule has 114 valence electrons. The van der Waals surface area contributed by atoms with Crippen LogP contribution in [0.25, 0.3) is 0 Å². The van der Waals surface area contributed by atoms with Crippen LogP contribution < -0.4 is 10.5 Å². The highest BCUT2D eigenvalue weighted by Gasteiger charge is 2.27. The SMILES string of the molecule is Cn1cc(CCNS(=O)(=O)N2CCCC(CN)C2)cn1. The van der Waals surface area contributed by atoms with Crippen LogP contribution in [0.2, 0.25) is 0 Å². The molecule has 20 heavy (non-hydrogen) atoms. The van der Waals surface area contributed by atoms with Gasteiger partial charge in [0.15, 0.2) is 0 Å². The predicted molar refractivity (Wildman–Crippen MR) is 77.2 cm³/mol. The molecule has 0 bridgehead atoms. The molecular formula is C12H23N5O2S. The Balaban J connectivity index is 1.84. The Morgan fingerprint density at radius 2 is 2.35 bits per heavy atom. The lowest BCUT2D eigenvalue weighted by atomic mass is 10.0. The smallest absolute Gasteiger partial charge is 0.279 e. The summed E-state index contributed by atoms with van der Waals surface area (Å²) in [7, 11) is -1.55. The van der Waals surface area contributed by atoms with Gasteiger partial charge in [-0.3, -0.25) is 4.68 Å². The second-order valence-electron chi connectivity index (χ2n) is 5.27. The van der Waals surface area contributed by atoms with Gasteiger partial charge in [0.05, 0.1) is 6.20 Å². The van der Waals surface area contributed by atoms with Crippen LogP contribution in [0.5, 0.6) is 0 Å². The molecule has 0 spiro atoms. The molecule has 8 heteroatoms. The maximum atomic E-state index is 12.2. The van der Waals surface area contributed by atoms with Gasteiger partial charge < -0.3 is 5.73 Å². The summed E-state index contributed by atoms with van der Waals surface area (Å²) >= 11 is 0. The Morgan fingerprint density at radius 3 is 3.00 bits per heavy atom. The normalized spacial score (nSPS) is 21.2. The number of nitrogens with zero attached hydrogens (tertiary/aromatic N) is 3. The molecule has 0 amide bonds. The van der Waals surface area contributed by atoms with Gasteiger partial charge in [0.1, 0.15) is 0 Å². The summed E-state index contributed by atoms with van der Waals surface area (Å²) in [5, 5.41) is 4.06. The van der Waals surface area contributed by atoms with Gasteiger partial charge in [-0.1, -0.05) is 0 Å². The number of nitrogens with two attached hydrogens (primary N) is 1. The van der Waals surface area contributed by atoms with Crippen LogP contribution >= 0.6 is 0 Å². The van der Waals surface area contributed by atoms with Crippen molar-refractivity contribution in [2.75, 3.05) is 26.2 Å². The molecule has 0 aliphatic carbocycles. The van der Waals surface area contributed by atoms with E-state index in [1.807, 2.05) is 13.2 Å². The average Bonchev–Trinajstić information content (AvgIpc) is 2.84. The highest BCUT2D eigenvalue weighted by atomic mass is 32.2. The molecule has 1 aromatic heterocycles. The van der Waals surface area contributed by atoms with Crippen LogP contribution in [-0.2, 0) is 23.7 Å². The average molecular weight is 301 g/mol. The van der Waals surface area contributed by atoms with E-state index < -0.39 is 10.2 Å². The topological polar surface area (TPSA) is 93.2 Å². The fraction of sp³-hybridized carbons (Fsp3) is 0.750. The summed E-state index contributed by atoms with van der Waals surface area (Å²) in [6, 6.07) is 0. The molecule has 2 heterocycles. The van der Waals surface area contributed by atoms with Crippen LogP contribution in [0.3, 0.4) is 0 Å². The van der Waals surface area contributed by atoms with Crippen molar-refractivity contribution in [1.29, 1.82) is 0 Å². The zero-order chi connectivity index (χ0) is 14.6. The van der Waals surface area contributed by atoms with E-state index in [1.165, 1.54) is 4.31 Å². The number of nitrogens with one attached hydrogen (secondary N) is 1. The molecule has 0 aromatic carbocycles. The van der Waals surface area contributed by atoms with E-state index in [4.69, 9.17) is 5.73 Å². The Bertz CT molecular complexity index is 528. The van der Waals surface area contributed by atoms with Gasteiger partial charge in [-0.25, -0.2) is 4.72 Å². The molecule has 1 atom stereocenters. The number of rotatable bonds is 6. The van der Waals surface area contributed by atoms with E-state index in [0.717, 1.165) is 18.4 Å². The van der Waals surface area contributed by atoms with Gasteiger partial charge in [-0.05, 0) is 37.3 Å². The summed E-state index contributed by atoms with van der Waals surface area (Å²) in [4.78, 5) is 0. The fourth-order valence-electron chi connectivity index (χ4n) is 2.45. The second kappa shape index (κ2) is 6.66. The quantitative estimate of drug-likeness (QED) is 0.738. The van der Waals surface area contributed by atoms with Crippen molar-refractivity contribution in [3.8, 4) is 0 Å². The van der Waals surface area contributed by atoms with Crippen LogP contribution in [0.1, 0.15) is 18.4 Å². The van der Waals surface area contributed by atoms with Crippen LogP contribution in [0, 0.1) is 5.92 Å². The van der Waals surface area contributed by atoms with Gasteiger partial charge >= 0.3 is 0 Å². The molecule has 1 aliphatic rings. The van der Waals surface area contributed by atoms with Crippen LogP contribution in [-0.4, -0.2) is 48.7 Å². The second-order valence-corrected chi connectivity index (χ2v) is 7.03. The van der Waals surface area contributed by atoms with Gasteiger partial charge in [-0.2, -0.15) is 17.8 Å². The molecule has 3 N–H and O–H groups in total. The summed E-state index contributed by atoms with van der Waals surface area (Å²) in [5.74, 6) is 0.277. The van der Waals surface area contributed by atoms with Crippen molar-refractivity contribution < 1.29 is 8.42 Å². The molecule has 1 aliphatic heterocycles. The van der Waals surface area contributed by atoms with Crippen molar-refractivity contribution in [1.82, 2.24) is 18.8 Å². The van der Waals surface area contributed by atoms with E-state index >= 15 is 0 Å². The molecule has 1 unspecified atom stereocenters. The predicted octanol–water partition coefficient (Wildman–Crippen LogP) is -0.532. The van der Waals surface area contributed by atoms with E-state index in [2.05, 4.69) is 9.82 Å². The van der Waals surface area contributed by atoms with E-state index in [1.54, 1.807) is 10.9 Å². The zero-order valence-corrected chi connectivity index (χ0v) is 12.6. The lowest BCUT2D eigenvalue weighted by Crippen LogP contribution is -2.47. The monoisotopic (exact) mass is 301 g/mol. The zero-order valence-electron chi connectivity index (χ0n) is 11.8. The Morgan fingerprint density at radius 1 is 1.55 bits per heavy atom. The minimum Gasteiger partial charge on any atom is -0.330 e. The van der Waals surface area contributed by atoms with Crippen molar-refractivity contribution in [3.05, 3.63) is 18.0 Å². The van der Waals surface area contributed by atoms with E-state index in [9.17, 15) is 8.42 Å². The molecule has 0 saturated carbocycles. The standard InChI is InChI=1S/C12H23N5O2S/c1-16-9-12(8-14-16)4-5-15-20(18,19)17-6-2-3-11(7-13)10-17/h8-9,11,15H,2-7,10,13H2,1H3. The highest BCUT2D eigenvalue weighted by Crippen LogP contribution is 2.17. The van der Waals surface area contributed by atoms with Gasteiger partial charge in [0, 0.05) is 32.9 Å². The first-order valence-electron chi connectivity index (χ1n) is 6.93. The number of aromatic nitrogens is 2. The maximum absolute atomic E-state index is 12.2. The molecule has 1 saturated heterocycles. The lowest BCUT2D eigenvalue weighted by Gasteiger charge is -2.31. The Kier molecular flexibility index (Phi) is 5.14. The van der Waals surface area contributed by atoms with Crippen molar-refractivity contribution >= 4 is 10.2 Å². The van der Waals surface area contributed by atoms with Crippen LogP contribution in [0.4, 0.5) is 0 Å². The third kappa shape index (κ3) is 4.02. The minimum absolute atomic E-state index is 0.277. The number of hydrogen-bond donors (Lipinski definition) is 2. The first kappa shape index (κ1) is 15.4. The third-order valence-corrected chi connectivity index (χ3v) is 5.19. The first-order valence-corrected chi connectivity index (χ1v) is 8.37. The Hall–Kier alpha value is -0.960. The Labute approximate surface area is 120 Å². The highest BCUT2D eigenvalue weighted by molar-refractivity contribution is 7.87. The number of piperidine rings is 1. The largest absolute Gasteiger partial charge is 0.330 e. The minimum atomic E-state index is -3.39. The molecular weight excluding hydrogens is 278 g/mol. The van der Waals surface area contributed by atoms with E-state index in [-0.39, 0.29) is 5.92 Å². The third-order valence-electron chi connectivity index (χ3n) is 3.61. The maximum Gasteiger partial charge on any atom is 0.279 e. The summed E-state index contributed by atoms with van der Waals surface area (Å²) < 4.78 is 30.3. The fourth-order valence-corrected chi connectivity index (χ4v) is 3.77. The van der Waals surface area contributed by atoms with Crippen molar-refractivity contribution in [3.63, 3.8) is 0 Å². The number of hydrogen-bond acceptors (Lipinski definition) is 4. The summed E-state index contributed by atoms with van der Waals surface area (Å²) in [6.45, 7) is 2.04. The van der Waals surface area contributed by atoms with Crippen LogP contribution in [0.15, 0.2) is 12.4 Å². The van der Waals surface area contributed by atoms with Gasteiger partial charge in [-0.15, -0.1) is 0 Å². The van der Waals surface area contributed by atoms with Gasteiger partial charge in [0.25, 0.3) is 10.2 Å². The number of aryl methyl sites for hydroxylation is 1. The molecule has 1 fully saturated rings. The molecule has 7 nitrogen and oxygen atoms in total. The molecule has 2 rings (SSSR count).